The predicted molar refractivity (Wildman–Crippen MR) is 79.3 cm³/mol. The van der Waals surface area contributed by atoms with Crippen molar-refractivity contribution in [3.63, 3.8) is 0 Å². The predicted octanol–water partition coefficient (Wildman–Crippen LogP) is 1.46. The van der Waals surface area contributed by atoms with Crippen LogP contribution in [0.25, 0.3) is 11.2 Å². The smallest absolute Gasteiger partial charge is 0.317 e. The maximum atomic E-state index is 11.6. The molecule has 112 valence electrons. The number of fused-ring (bicyclic) bond motifs is 1. The molecule has 0 spiro atoms. The van der Waals surface area contributed by atoms with E-state index >= 15 is 0 Å². The highest BCUT2D eigenvalue weighted by atomic mass is 16.4. The van der Waals surface area contributed by atoms with Crippen molar-refractivity contribution in [3.8, 4) is 0 Å². The van der Waals surface area contributed by atoms with E-state index in [1.54, 1.807) is 25.2 Å². The van der Waals surface area contributed by atoms with Crippen LogP contribution < -0.4 is 10.2 Å². The van der Waals surface area contributed by atoms with Gasteiger partial charge in [0, 0.05) is 39.4 Å². The van der Waals surface area contributed by atoms with Crippen molar-refractivity contribution >= 4 is 23.3 Å². The van der Waals surface area contributed by atoms with Gasteiger partial charge in [-0.2, -0.15) is 4.98 Å². The normalized spacial score (nSPS) is 16.2. The number of urea groups is 1. The number of anilines is 1. The van der Waals surface area contributed by atoms with Gasteiger partial charge in [0.25, 0.3) is 6.01 Å². The minimum absolute atomic E-state index is 0.0421. The molecule has 2 aromatic heterocycles. The number of piperidine rings is 1. The monoisotopic (exact) mass is 289 g/mol. The molecule has 0 aliphatic carbocycles. The number of oxazole rings is 1. The van der Waals surface area contributed by atoms with Gasteiger partial charge in [-0.05, 0) is 25.0 Å². The molecule has 3 rings (SSSR count). The number of pyridine rings is 1. The third kappa shape index (κ3) is 2.91. The average Bonchev–Trinajstić information content (AvgIpc) is 2.91. The molecule has 21 heavy (non-hydrogen) atoms. The van der Waals surface area contributed by atoms with Crippen LogP contribution >= 0.6 is 0 Å². The Morgan fingerprint density at radius 3 is 2.86 bits per heavy atom. The zero-order chi connectivity index (χ0) is 14.8. The fraction of sp³-hybridized carbons (Fsp3) is 0.500. The molecule has 7 nitrogen and oxygen atoms in total. The SMILES string of the molecule is CN(C)C(=O)NC1CCN(c2nc3ncccc3o2)CC1. The van der Waals surface area contributed by atoms with E-state index in [0.29, 0.717) is 17.2 Å². The first-order chi connectivity index (χ1) is 10.1. The van der Waals surface area contributed by atoms with Crippen LogP contribution in [0.1, 0.15) is 12.8 Å². The largest absolute Gasteiger partial charge is 0.422 e. The number of carbonyl (C=O) groups is 1. The molecule has 2 amide bonds. The molecule has 7 heteroatoms. The van der Waals surface area contributed by atoms with Crippen LogP contribution in [0.4, 0.5) is 10.8 Å². The zero-order valence-corrected chi connectivity index (χ0v) is 12.2. The number of hydrogen-bond acceptors (Lipinski definition) is 5. The number of aromatic nitrogens is 2. The molecule has 1 fully saturated rings. The summed E-state index contributed by atoms with van der Waals surface area (Å²) >= 11 is 0. The van der Waals surface area contributed by atoms with Gasteiger partial charge in [-0.3, -0.25) is 0 Å². The summed E-state index contributed by atoms with van der Waals surface area (Å²) in [5.74, 6) is 0. The Kier molecular flexibility index (Phi) is 3.64. The Balaban J connectivity index is 1.61. The van der Waals surface area contributed by atoms with Crippen LogP contribution in [0.15, 0.2) is 22.7 Å². The highest BCUT2D eigenvalue weighted by molar-refractivity contribution is 5.74. The van der Waals surface area contributed by atoms with E-state index in [4.69, 9.17) is 4.42 Å². The Morgan fingerprint density at radius 1 is 1.43 bits per heavy atom. The molecule has 0 bridgehead atoms. The molecule has 0 radical (unpaired) electrons. The van der Waals surface area contributed by atoms with Crippen molar-refractivity contribution in [2.75, 3.05) is 32.1 Å². The first kappa shape index (κ1) is 13.7. The second-order valence-corrected chi connectivity index (χ2v) is 5.43. The van der Waals surface area contributed by atoms with E-state index in [1.807, 2.05) is 12.1 Å². The summed E-state index contributed by atoms with van der Waals surface area (Å²) in [6.07, 6.45) is 3.47. The van der Waals surface area contributed by atoms with E-state index in [2.05, 4.69) is 20.2 Å². The highest BCUT2D eigenvalue weighted by Crippen LogP contribution is 2.23. The lowest BCUT2D eigenvalue weighted by molar-refractivity contribution is 0.210. The van der Waals surface area contributed by atoms with Crippen LogP contribution in [0, 0.1) is 0 Å². The van der Waals surface area contributed by atoms with Gasteiger partial charge in [0.2, 0.25) is 5.65 Å². The number of hydrogen-bond donors (Lipinski definition) is 1. The fourth-order valence-corrected chi connectivity index (χ4v) is 2.41. The fourth-order valence-electron chi connectivity index (χ4n) is 2.41. The zero-order valence-electron chi connectivity index (χ0n) is 12.2. The van der Waals surface area contributed by atoms with Gasteiger partial charge in [0.05, 0.1) is 0 Å². The topological polar surface area (TPSA) is 74.5 Å². The third-order valence-electron chi connectivity index (χ3n) is 3.65. The second-order valence-electron chi connectivity index (χ2n) is 5.43. The van der Waals surface area contributed by atoms with Crippen molar-refractivity contribution in [1.82, 2.24) is 20.2 Å². The maximum absolute atomic E-state index is 11.6. The van der Waals surface area contributed by atoms with Crippen molar-refractivity contribution in [2.24, 2.45) is 0 Å². The van der Waals surface area contributed by atoms with Crippen LogP contribution in [0.5, 0.6) is 0 Å². The summed E-state index contributed by atoms with van der Waals surface area (Å²) in [6.45, 7) is 1.62. The standard InChI is InChI=1S/C14H19N5O2/c1-18(2)13(20)16-10-5-8-19(9-6-10)14-17-12-11(21-14)4-3-7-15-12/h3-4,7,10H,5-6,8-9H2,1-2H3,(H,16,20). The van der Waals surface area contributed by atoms with Crippen molar-refractivity contribution in [3.05, 3.63) is 18.3 Å². The first-order valence-electron chi connectivity index (χ1n) is 7.08. The molecule has 0 aromatic carbocycles. The van der Waals surface area contributed by atoms with Crippen molar-refractivity contribution in [1.29, 1.82) is 0 Å². The van der Waals surface area contributed by atoms with E-state index in [-0.39, 0.29) is 12.1 Å². The minimum atomic E-state index is -0.0421. The van der Waals surface area contributed by atoms with Gasteiger partial charge in [-0.1, -0.05) is 0 Å². The highest BCUT2D eigenvalue weighted by Gasteiger charge is 2.24. The first-order valence-corrected chi connectivity index (χ1v) is 7.08. The van der Waals surface area contributed by atoms with Crippen molar-refractivity contribution in [2.45, 2.75) is 18.9 Å². The van der Waals surface area contributed by atoms with E-state index < -0.39 is 0 Å². The lowest BCUT2D eigenvalue weighted by Gasteiger charge is -2.31. The number of amides is 2. The van der Waals surface area contributed by atoms with Crippen LogP contribution in [-0.4, -0.2) is 54.1 Å². The molecule has 0 atom stereocenters. The Hall–Kier alpha value is -2.31. The van der Waals surface area contributed by atoms with Gasteiger partial charge in [-0.25, -0.2) is 9.78 Å². The van der Waals surface area contributed by atoms with Crippen LogP contribution in [0.2, 0.25) is 0 Å². The quantitative estimate of drug-likeness (QED) is 0.906. The van der Waals surface area contributed by atoms with Crippen LogP contribution in [0.3, 0.4) is 0 Å². The van der Waals surface area contributed by atoms with Crippen molar-refractivity contribution < 1.29 is 9.21 Å². The summed E-state index contributed by atoms with van der Waals surface area (Å²) in [7, 11) is 3.49. The molecule has 0 unspecified atom stereocenters. The average molecular weight is 289 g/mol. The lowest BCUT2D eigenvalue weighted by atomic mass is 10.1. The third-order valence-corrected chi connectivity index (χ3v) is 3.65. The number of carbonyl (C=O) groups excluding carboxylic acids is 1. The molecule has 1 N–H and O–H groups in total. The number of nitrogens with zero attached hydrogens (tertiary/aromatic N) is 4. The van der Waals surface area contributed by atoms with Gasteiger partial charge in [0.1, 0.15) is 0 Å². The summed E-state index contributed by atoms with van der Waals surface area (Å²) in [6, 6.07) is 4.47. The summed E-state index contributed by atoms with van der Waals surface area (Å²) < 4.78 is 5.72. The molecular formula is C14H19N5O2. The molecular weight excluding hydrogens is 270 g/mol. The van der Waals surface area contributed by atoms with Gasteiger partial charge < -0.3 is 19.5 Å². The van der Waals surface area contributed by atoms with Gasteiger partial charge in [0.15, 0.2) is 5.58 Å². The van der Waals surface area contributed by atoms with Crippen LogP contribution in [-0.2, 0) is 0 Å². The summed E-state index contributed by atoms with van der Waals surface area (Å²) in [4.78, 5) is 23.9. The number of rotatable bonds is 2. The lowest BCUT2D eigenvalue weighted by Crippen LogP contribution is -2.47. The molecule has 0 saturated carbocycles. The molecule has 1 saturated heterocycles. The Labute approximate surface area is 122 Å². The minimum Gasteiger partial charge on any atom is -0.422 e. The number of nitrogens with one attached hydrogen (secondary N) is 1. The molecule has 3 heterocycles. The Bertz CT molecular complexity index is 598. The van der Waals surface area contributed by atoms with E-state index in [0.717, 1.165) is 25.9 Å². The Morgan fingerprint density at radius 2 is 2.19 bits per heavy atom. The van der Waals surface area contributed by atoms with Gasteiger partial charge in [-0.15, -0.1) is 0 Å². The van der Waals surface area contributed by atoms with E-state index in [1.165, 1.54) is 0 Å². The van der Waals surface area contributed by atoms with Gasteiger partial charge >= 0.3 is 6.03 Å². The second kappa shape index (κ2) is 5.59. The van der Waals surface area contributed by atoms with E-state index in [9.17, 15) is 4.79 Å². The molecule has 1 aliphatic rings. The molecule has 2 aromatic rings. The molecule has 1 aliphatic heterocycles. The summed E-state index contributed by atoms with van der Waals surface area (Å²) in [5, 5.41) is 3.01. The summed E-state index contributed by atoms with van der Waals surface area (Å²) in [5.41, 5.74) is 1.34. The maximum Gasteiger partial charge on any atom is 0.317 e.